The summed E-state index contributed by atoms with van der Waals surface area (Å²) in [7, 11) is 0. The molecule has 2 rings (SSSR count). The van der Waals surface area contributed by atoms with E-state index in [0.717, 1.165) is 23.4 Å². The van der Waals surface area contributed by atoms with Gasteiger partial charge < -0.3 is 9.30 Å². The molecule has 1 aromatic carbocycles. The molecule has 0 amide bonds. The van der Waals surface area contributed by atoms with Gasteiger partial charge in [0.25, 0.3) is 0 Å². The third-order valence-corrected chi connectivity index (χ3v) is 2.91. The number of fused-ring (bicyclic) bond motifs is 1. The third kappa shape index (κ3) is 2.94. The van der Waals surface area contributed by atoms with Crippen LogP contribution in [0.25, 0.3) is 11.0 Å². The molecule has 4 nitrogen and oxygen atoms in total. The van der Waals surface area contributed by atoms with E-state index in [2.05, 4.69) is 22.5 Å². The zero-order chi connectivity index (χ0) is 14.0. The second-order valence-electron chi connectivity index (χ2n) is 5.49. The number of rotatable bonds is 3. The number of benzene rings is 1. The average molecular weight is 257 g/mol. The Hall–Kier alpha value is -1.86. The Kier molecular flexibility index (Phi) is 3.59. The fourth-order valence-corrected chi connectivity index (χ4v) is 1.99. The van der Waals surface area contributed by atoms with E-state index in [1.807, 2.05) is 39.0 Å². The van der Waals surface area contributed by atoms with Crippen LogP contribution in [0.1, 0.15) is 39.1 Å². The molecule has 100 valence electrons. The van der Waals surface area contributed by atoms with Gasteiger partial charge in [0.05, 0.1) is 28.3 Å². The molecule has 1 aromatic heterocycles. The predicted octanol–water partition coefficient (Wildman–Crippen LogP) is 3.24. The molecule has 0 aliphatic carbocycles. The molecule has 0 aliphatic heterocycles. The first-order valence-electron chi connectivity index (χ1n) is 6.48. The van der Waals surface area contributed by atoms with Crippen molar-refractivity contribution in [2.75, 3.05) is 0 Å². The first-order chi connectivity index (χ1) is 8.94. The lowest BCUT2D eigenvalue weighted by atomic mass is 10.2. The Balaban J connectivity index is 2.41. The van der Waals surface area contributed by atoms with E-state index < -0.39 is 0 Å². The number of hydrogen-bond donors (Lipinski definition) is 0. The van der Waals surface area contributed by atoms with Crippen molar-refractivity contribution in [2.24, 2.45) is 0 Å². The van der Waals surface area contributed by atoms with Crippen molar-refractivity contribution >= 4 is 11.0 Å². The SMILES string of the molecule is CCn1c(COC(C)(C)C)nc2cc(C#N)ccc21. The van der Waals surface area contributed by atoms with Gasteiger partial charge in [0.1, 0.15) is 12.4 Å². The molecule has 0 N–H and O–H groups in total. The second-order valence-corrected chi connectivity index (χ2v) is 5.49. The van der Waals surface area contributed by atoms with Gasteiger partial charge in [-0.15, -0.1) is 0 Å². The molecule has 0 saturated carbocycles. The van der Waals surface area contributed by atoms with Crippen LogP contribution in [0.2, 0.25) is 0 Å². The Morgan fingerprint density at radius 3 is 2.68 bits per heavy atom. The van der Waals surface area contributed by atoms with Crippen LogP contribution in [0.15, 0.2) is 18.2 Å². The normalized spacial score (nSPS) is 11.7. The minimum atomic E-state index is -0.186. The highest BCUT2D eigenvalue weighted by Crippen LogP contribution is 2.20. The molecule has 0 radical (unpaired) electrons. The number of aromatic nitrogens is 2. The first kappa shape index (κ1) is 13.6. The summed E-state index contributed by atoms with van der Waals surface area (Å²) in [5, 5.41) is 8.93. The molecular weight excluding hydrogens is 238 g/mol. The summed E-state index contributed by atoms with van der Waals surface area (Å²) in [6.07, 6.45) is 0. The Morgan fingerprint density at radius 2 is 2.11 bits per heavy atom. The van der Waals surface area contributed by atoms with E-state index in [1.54, 1.807) is 0 Å². The van der Waals surface area contributed by atoms with Gasteiger partial charge in [0, 0.05) is 6.54 Å². The van der Waals surface area contributed by atoms with E-state index in [-0.39, 0.29) is 5.60 Å². The smallest absolute Gasteiger partial charge is 0.136 e. The van der Waals surface area contributed by atoms with Gasteiger partial charge in [-0.2, -0.15) is 5.26 Å². The van der Waals surface area contributed by atoms with Crippen molar-refractivity contribution in [3.05, 3.63) is 29.6 Å². The number of nitriles is 1. The van der Waals surface area contributed by atoms with Gasteiger partial charge in [-0.25, -0.2) is 4.98 Å². The maximum absolute atomic E-state index is 8.93. The number of nitrogens with zero attached hydrogens (tertiary/aromatic N) is 3. The molecular formula is C15H19N3O. The van der Waals surface area contributed by atoms with Crippen molar-refractivity contribution < 1.29 is 4.74 Å². The van der Waals surface area contributed by atoms with Crippen molar-refractivity contribution in [1.29, 1.82) is 5.26 Å². The van der Waals surface area contributed by atoms with Crippen LogP contribution >= 0.6 is 0 Å². The minimum Gasteiger partial charge on any atom is -0.368 e. The predicted molar refractivity (Wildman–Crippen MR) is 74.7 cm³/mol. The summed E-state index contributed by atoms with van der Waals surface area (Å²) in [5.74, 6) is 0.905. The van der Waals surface area contributed by atoms with Gasteiger partial charge in [0.2, 0.25) is 0 Å². The molecule has 0 fully saturated rings. The highest BCUT2D eigenvalue weighted by molar-refractivity contribution is 5.77. The summed E-state index contributed by atoms with van der Waals surface area (Å²) in [6, 6.07) is 7.74. The van der Waals surface area contributed by atoms with Crippen molar-refractivity contribution in [3.63, 3.8) is 0 Å². The fraction of sp³-hybridized carbons (Fsp3) is 0.467. The maximum Gasteiger partial charge on any atom is 0.136 e. The standard InChI is InChI=1S/C15H19N3O/c1-5-18-13-7-6-11(9-16)8-12(13)17-14(18)10-19-15(2,3)4/h6-8H,5,10H2,1-4H3. The molecule has 0 bridgehead atoms. The van der Waals surface area contributed by atoms with Crippen LogP contribution in [-0.4, -0.2) is 15.2 Å². The van der Waals surface area contributed by atoms with Gasteiger partial charge >= 0.3 is 0 Å². The van der Waals surface area contributed by atoms with Crippen LogP contribution in [0.3, 0.4) is 0 Å². The Morgan fingerprint density at radius 1 is 1.37 bits per heavy atom. The van der Waals surface area contributed by atoms with Gasteiger partial charge in [0.15, 0.2) is 0 Å². The zero-order valence-corrected chi connectivity index (χ0v) is 11.9. The summed E-state index contributed by atoms with van der Waals surface area (Å²) in [5.41, 5.74) is 2.35. The molecule has 0 aliphatic rings. The molecule has 0 spiro atoms. The first-order valence-corrected chi connectivity index (χ1v) is 6.48. The van der Waals surface area contributed by atoms with Crippen LogP contribution in [-0.2, 0) is 17.9 Å². The molecule has 0 atom stereocenters. The van der Waals surface area contributed by atoms with E-state index in [9.17, 15) is 0 Å². The van der Waals surface area contributed by atoms with Crippen LogP contribution in [0, 0.1) is 11.3 Å². The van der Waals surface area contributed by atoms with E-state index in [4.69, 9.17) is 10.00 Å². The summed E-state index contributed by atoms with van der Waals surface area (Å²) < 4.78 is 7.92. The van der Waals surface area contributed by atoms with Crippen molar-refractivity contribution in [2.45, 2.75) is 46.4 Å². The third-order valence-electron chi connectivity index (χ3n) is 2.91. The summed E-state index contributed by atoms with van der Waals surface area (Å²) in [4.78, 5) is 4.58. The van der Waals surface area contributed by atoms with Crippen LogP contribution < -0.4 is 0 Å². The molecule has 1 heterocycles. The number of hydrogen-bond acceptors (Lipinski definition) is 3. The highest BCUT2D eigenvalue weighted by Gasteiger charge is 2.15. The largest absolute Gasteiger partial charge is 0.368 e. The van der Waals surface area contributed by atoms with E-state index >= 15 is 0 Å². The minimum absolute atomic E-state index is 0.186. The monoisotopic (exact) mass is 257 g/mol. The van der Waals surface area contributed by atoms with Crippen LogP contribution in [0.5, 0.6) is 0 Å². The van der Waals surface area contributed by atoms with Crippen molar-refractivity contribution in [1.82, 2.24) is 9.55 Å². The molecule has 19 heavy (non-hydrogen) atoms. The zero-order valence-electron chi connectivity index (χ0n) is 11.9. The number of imidazole rings is 1. The van der Waals surface area contributed by atoms with Crippen LogP contribution in [0.4, 0.5) is 0 Å². The van der Waals surface area contributed by atoms with Gasteiger partial charge in [-0.3, -0.25) is 0 Å². The molecule has 0 saturated heterocycles. The number of ether oxygens (including phenoxy) is 1. The fourth-order valence-electron chi connectivity index (χ4n) is 1.99. The average Bonchev–Trinajstić information content (AvgIpc) is 2.71. The highest BCUT2D eigenvalue weighted by atomic mass is 16.5. The molecule has 0 unspecified atom stereocenters. The number of aryl methyl sites for hydroxylation is 1. The van der Waals surface area contributed by atoms with Crippen molar-refractivity contribution in [3.8, 4) is 6.07 Å². The van der Waals surface area contributed by atoms with Gasteiger partial charge in [-0.1, -0.05) is 0 Å². The summed E-state index contributed by atoms with van der Waals surface area (Å²) >= 11 is 0. The summed E-state index contributed by atoms with van der Waals surface area (Å²) in [6.45, 7) is 9.48. The van der Waals surface area contributed by atoms with E-state index in [1.165, 1.54) is 0 Å². The lowest BCUT2D eigenvalue weighted by molar-refractivity contribution is -0.0190. The second kappa shape index (κ2) is 5.02. The lowest BCUT2D eigenvalue weighted by Gasteiger charge is -2.19. The maximum atomic E-state index is 8.93. The topological polar surface area (TPSA) is 50.8 Å². The Labute approximate surface area is 113 Å². The molecule has 2 aromatic rings. The van der Waals surface area contributed by atoms with E-state index in [0.29, 0.717) is 12.2 Å². The Bertz CT molecular complexity index is 629. The van der Waals surface area contributed by atoms with Gasteiger partial charge in [-0.05, 0) is 45.9 Å². The molecule has 4 heteroatoms. The lowest BCUT2D eigenvalue weighted by Crippen LogP contribution is -2.20. The quantitative estimate of drug-likeness (QED) is 0.848.